The van der Waals surface area contributed by atoms with Crippen LogP contribution in [-0.4, -0.2) is 17.7 Å². The molecule has 1 saturated carbocycles. The quantitative estimate of drug-likeness (QED) is 0.564. The Morgan fingerprint density at radius 2 is 1.84 bits per heavy atom. The maximum atomic E-state index is 11.2. The maximum Gasteiger partial charge on any atom is 0.274 e. The highest BCUT2D eigenvalue weighted by molar-refractivity contribution is 5.93. The van der Waals surface area contributed by atoms with E-state index in [1.165, 1.54) is 32.1 Å². The van der Waals surface area contributed by atoms with Gasteiger partial charge in [0, 0.05) is 12.1 Å². The Bertz CT molecular complexity index is 397. The van der Waals surface area contributed by atoms with Gasteiger partial charge in [-0.25, -0.2) is 5.48 Å². The predicted molar refractivity (Wildman–Crippen MR) is 74.0 cm³/mol. The molecule has 1 aliphatic rings. The minimum Gasteiger partial charge on any atom is -0.312 e. The number of amides is 1. The van der Waals surface area contributed by atoms with E-state index < -0.39 is 5.91 Å². The number of hydroxylamine groups is 1. The first kappa shape index (κ1) is 14.0. The van der Waals surface area contributed by atoms with Crippen LogP contribution in [0.4, 0.5) is 0 Å². The molecule has 19 heavy (non-hydrogen) atoms. The predicted octanol–water partition coefficient (Wildman–Crippen LogP) is 2.48. The Morgan fingerprint density at radius 1 is 1.16 bits per heavy atom. The minimum absolute atomic E-state index is 0.471. The fourth-order valence-electron chi connectivity index (χ4n) is 2.65. The van der Waals surface area contributed by atoms with Crippen LogP contribution >= 0.6 is 0 Å². The first-order chi connectivity index (χ1) is 9.29. The third-order valence-electron chi connectivity index (χ3n) is 3.80. The molecular formula is C15H22N2O2. The molecule has 4 heteroatoms. The average molecular weight is 262 g/mol. The molecule has 104 valence electrons. The van der Waals surface area contributed by atoms with E-state index in [2.05, 4.69) is 5.32 Å². The van der Waals surface area contributed by atoms with Crippen LogP contribution in [-0.2, 0) is 6.54 Å². The average Bonchev–Trinajstić information content (AvgIpc) is 2.48. The van der Waals surface area contributed by atoms with Gasteiger partial charge in [0.25, 0.3) is 5.91 Å². The molecule has 1 fully saturated rings. The van der Waals surface area contributed by atoms with Crippen molar-refractivity contribution >= 4 is 5.91 Å². The lowest BCUT2D eigenvalue weighted by Gasteiger charge is -2.21. The topological polar surface area (TPSA) is 61.4 Å². The van der Waals surface area contributed by atoms with E-state index in [4.69, 9.17) is 5.21 Å². The Hall–Kier alpha value is -1.39. The molecule has 0 bridgehead atoms. The molecule has 2 rings (SSSR count). The van der Waals surface area contributed by atoms with Crippen molar-refractivity contribution in [2.75, 3.05) is 6.54 Å². The summed E-state index contributed by atoms with van der Waals surface area (Å²) in [6.07, 6.45) is 6.84. The van der Waals surface area contributed by atoms with Crippen molar-refractivity contribution < 1.29 is 10.0 Å². The van der Waals surface area contributed by atoms with Crippen LogP contribution in [0.25, 0.3) is 0 Å². The third-order valence-corrected chi connectivity index (χ3v) is 3.80. The number of rotatable bonds is 5. The zero-order chi connectivity index (χ0) is 13.5. The van der Waals surface area contributed by atoms with E-state index in [0.717, 1.165) is 24.6 Å². The van der Waals surface area contributed by atoms with Gasteiger partial charge in [0.1, 0.15) is 0 Å². The van der Waals surface area contributed by atoms with E-state index in [0.29, 0.717) is 5.56 Å². The minimum atomic E-state index is -0.471. The Kier molecular flexibility index (Phi) is 5.36. The lowest BCUT2D eigenvalue weighted by molar-refractivity contribution is 0.0706. The molecule has 0 aromatic heterocycles. The third kappa shape index (κ3) is 4.33. The van der Waals surface area contributed by atoms with E-state index in [1.807, 2.05) is 12.1 Å². The van der Waals surface area contributed by atoms with E-state index >= 15 is 0 Å². The second-order valence-electron chi connectivity index (χ2n) is 5.27. The lowest BCUT2D eigenvalue weighted by atomic mass is 9.89. The second-order valence-corrected chi connectivity index (χ2v) is 5.27. The first-order valence-corrected chi connectivity index (χ1v) is 7.03. The summed E-state index contributed by atoms with van der Waals surface area (Å²) >= 11 is 0. The molecular weight excluding hydrogens is 240 g/mol. The van der Waals surface area contributed by atoms with Crippen molar-refractivity contribution in [3.05, 3.63) is 35.4 Å². The van der Waals surface area contributed by atoms with Crippen LogP contribution in [0, 0.1) is 5.92 Å². The number of hydrogen-bond donors (Lipinski definition) is 3. The number of carbonyl (C=O) groups excluding carboxylic acids is 1. The van der Waals surface area contributed by atoms with Crippen LogP contribution in [0.3, 0.4) is 0 Å². The highest BCUT2D eigenvalue weighted by Crippen LogP contribution is 2.22. The number of nitrogens with one attached hydrogen (secondary N) is 2. The van der Waals surface area contributed by atoms with Gasteiger partial charge < -0.3 is 5.32 Å². The van der Waals surface area contributed by atoms with Crippen LogP contribution in [0.2, 0.25) is 0 Å². The molecule has 0 heterocycles. The highest BCUT2D eigenvalue weighted by atomic mass is 16.5. The molecule has 0 aliphatic heterocycles. The van der Waals surface area contributed by atoms with E-state index in [9.17, 15) is 4.79 Å². The molecule has 0 spiro atoms. The normalized spacial score (nSPS) is 16.3. The lowest BCUT2D eigenvalue weighted by Crippen LogP contribution is -2.24. The van der Waals surface area contributed by atoms with Crippen molar-refractivity contribution in [3.63, 3.8) is 0 Å². The SMILES string of the molecule is O=C(NO)c1ccc(CNCC2CCCCC2)cc1. The fourth-order valence-corrected chi connectivity index (χ4v) is 2.65. The Labute approximate surface area is 114 Å². The fraction of sp³-hybridized carbons (Fsp3) is 0.533. The van der Waals surface area contributed by atoms with Crippen LogP contribution in [0.5, 0.6) is 0 Å². The van der Waals surface area contributed by atoms with Gasteiger partial charge in [0.05, 0.1) is 0 Å². The van der Waals surface area contributed by atoms with Gasteiger partial charge in [-0.05, 0) is 43.0 Å². The van der Waals surface area contributed by atoms with Crippen molar-refractivity contribution in [3.8, 4) is 0 Å². The maximum absolute atomic E-state index is 11.2. The standard InChI is InChI=1S/C15H22N2O2/c18-15(17-19)14-8-6-13(7-9-14)11-16-10-12-4-2-1-3-5-12/h6-9,12,16,19H,1-5,10-11H2,(H,17,18). The summed E-state index contributed by atoms with van der Waals surface area (Å²) in [7, 11) is 0. The molecule has 0 radical (unpaired) electrons. The van der Waals surface area contributed by atoms with E-state index in [1.54, 1.807) is 17.6 Å². The van der Waals surface area contributed by atoms with Crippen molar-refractivity contribution in [2.45, 2.75) is 38.6 Å². The highest BCUT2D eigenvalue weighted by Gasteiger charge is 2.12. The van der Waals surface area contributed by atoms with Crippen LogP contribution < -0.4 is 10.8 Å². The van der Waals surface area contributed by atoms with Gasteiger partial charge in [-0.15, -0.1) is 0 Å². The largest absolute Gasteiger partial charge is 0.312 e. The van der Waals surface area contributed by atoms with E-state index in [-0.39, 0.29) is 0 Å². The van der Waals surface area contributed by atoms with Gasteiger partial charge in [-0.2, -0.15) is 0 Å². The Balaban J connectivity index is 1.75. The summed E-state index contributed by atoms with van der Waals surface area (Å²) in [5, 5.41) is 12.0. The number of hydrogen-bond acceptors (Lipinski definition) is 3. The summed E-state index contributed by atoms with van der Waals surface area (Å²) in [5.74, 6) is 0.356. The van der Waals surface area contributed by atoms with Gasteiger partial charge >= 0.3 is 0 Å². The molecule has 3 N–H and O–H groups in total. The molecule has 1 aliphatic carbocycles. The van der Waals surface area contributed by atoms with Gasteiger partial charge in [0.2, 0.25) is 0 Å². The number of carbonyl (C=O) groups is 1. The molecule has 1 aromatic rings. The second kappa shape index (κ2) is 7.26. The van der Waals surface area contributed by atoms with Gasteiger partial charge in [-0.3, -0.25) is 10.0 Å². The first-order valence-electron chi connectivity index (χ1n) is 7.03. The molecule has 0 unspecified atom stereocenters. The zero-order valence-corrected chi connectivity index (χ0v) is 11.2. The zero-order valence-electron chi connectivity index (χ0n) is 11.2. The summed E-state index contributed by atoms with van der Waals surface area (Å²) in [6, 6.07) is 7.28. The summed E-state index contributed by atoms with van der Waals surface area (Å²) in [4.78, 5) is 11.2. The molecule has 1 amide bonds. The smallest absolute Gasteiger partial charge is 0.274 e. The monoisotopic (exact) mass is 262 g/mol. The van der Waals surface area contributed by atoms with Crippen LogP contribution in [0.1, 0.15) is 48.0 Å². The summed E-state index contributed by atoms with van der Waals surface area (Å²) < 4.78 is 0. The Morgan fingerprint density at radius 3 is 2.47 bits per heavy atom. The molecule has 0 saturated heterocycles. The van der Waals surface area contributed by atoms with Crippen molar-refractivity contribution in [1.82, 2.24) is 10.8 Å². The summed E-state index contributed by atoms with van der Waals surface area (Å²) in [6.45, 7) is 1.91. The molecule has 0 atom stereocenters. The van der Waals surface area contributed by atoms with Crippen molar-refractivity contribution in [1.29, 1.82) is 0 Å². The number of benzene rings is 1. The molecule has 4 nitrogen and oxygen atoms in total. The van der Waals surface area contributed by atoms with Crippen molar-refractivity contribution in [2.24, 2.45) is 5.92 Å². The van der Waals surface area contributed by atoms with Crippen LogP contribution in [0.15, 0.2) is 24.3 Å². The molecule has 1 aromatic carbocycles. The summed E-state index contributed by atoms with van der Waals surface area (Å²) in [5.41, 5.74) is 3.26. The van der Waals surface area contributed by atoms with Gasteiger partial charge in [-0.1, -0.05) is 31.4 Å². The van der Waals surface area contributed by atoms with Gasteiger partial charge in [0.15, 0.2) is 0 Å².